The predicted molar refractivity (Wildman–Crippen MR) is 65.8 cm³/mol. The Morgan fingerprint density at radius 3 is 2.28 bits per heavy atom. The molecule has 102 valence electrons. The third-order valence-electron chi connectivity index (χ3n) is 2.25. The predicted octanol–water partition coefficient (Wildman–Crippen LogP) is 2.36. The average Bonchev–Trinajstić information content (AvgIpc) is 2.24. The quantitative estimate of drug-likeness (QED) is 0.815. The van der Waals surface area contributed by atoms with Crippen LogP contribution >= 0.6 is 0 Å². The van der Waals surface area contributed by atoms with E-state index in [1.807, 2.05) is 13.8 Å². The number of nitrogens with one attached hydrogen (secondary N) is 1. The molecule has 1 aromatic carbocycles. The highest BCUT2D eigenvalue weighted by Crippen LogP contribution is 2.16. The monoisotopic (exact) mass is 259 g/mol. The average molecular weight is 259 g/mol. The van der Waals surface area contributed by atoms with E-state index < -0.39 is 11.6 Å². The molecular formula is C13H19F2NO2. The molecule has 0 aromatic heterocycles. The maximum atomic E-state index is 13.0. The minimum Gasteiger partial charge on any atom is -0.486 e. The third-order valence-corrected chi connectivity index (χ3v) is 2.25. The van der Waals surface area contributed by atoms with E-state index in [-0.39, 0.29) is 11.9 Å². The van der Waals surface area contributed by atoms with E-state index in [9.17, 15) is 8.78 Å². The van der Waals surface area contributed by atoms with Gasteiger partial charge in [0, 0.05) is 37.9 Å². The second kappa shape index (κ2) is 7.28. The Balaban J connectivity index is 2.63. The molecule has 0 heterocycles. The van der Waals surface area contributed by atoms with Gasteiger partial charge in [0.1, 0.15) is 23.5 Å². The summed E-state index contributed by atoms with van der Waals surface area (Å²) in [6.45, 7) is 4.90. The fourth-order valence-corrected chi connectivity index (χ4v) is 1.48. The molecule has 1 N–H and O–H groups in total. The van der Waals surface area contributed by atoms with Gasteiger partial charge in [-0.3, -0.25) is 0 Å². The molecule has 3 nitrogen and oxygen atoms in total. The second-order valence-corrected chi connectivity index (χ2v) is 4.36. The number of ether oxygens (including phenoxy) is 2. The van der Waals surface area contributed by atoms with Crippen LogP contribution in [0.5, 0.6) is 5.75 Å². The molecule has 0 fully saturated rings. The Labute approximate surface area is 106 Å². The number of methoxy groups -OCH3 is 1. The number of hydrogen-bond donors (Lipinski definition) is 1. The van der Waals surface area contributed by atoms with E-state index in [2.05, 4.69) is 5.32 Å². The van der Waals surface area contributed by atoms with Crippen molar-refractivity contribution in [1.29, 1.82) is 0 Å². The van der Waals surface area contributed by atoms with Crippen LogP contribution in [0, 0.1) is 11.6 Å². The summed E-state index contributed by atoms with van der Waals surface area (Å²) in [7, 11) is 1.55. The highest BCUT2D eigenvalue weighted by molar-refractivity contribution is 5.24. The molecule has 1 rings (SSSR count). The Morgan fingerprint density at radius 1 is 1.17 bits per heavy atom. The van der Waals surface area contributed by atoms with Crippen molar-refractivity contribution in [3.05, 3.63) is 29.8 Å². The SMILES string of the molecule is COCC(CNC(C)C)Oc1cc(F)cc(F)c1. The van der Waals surface area contributed by atoms with Crippen LogP contribution in [-0.4, -0.2) is 32.4 Å². The van der Waals surface area contributed by atoms with E-state index in [0.29, 0.717) is 19.2 Å². The summed E-state index contributed by atoms with van der Waals surface area (Å²) in [6.07, 6.45) is -0.293. The standard InChI is InChI=1S/C13H19F2NO2/c1-9(2)16-7-13(8-17-3)18-12-5-10(14)4-11(15)6-12/h4-6,9,13,16H,7-8H2,1-3H3. The highest BCUT2D eigenvalue weighted by Gasteiger charge is 2.12. The van der Waals surface area contributed by atoms with E-state index in [4.69, 9.17) is 9.47 Å². The Morgan fingerprint density at radius 2 is 1.78 bits per heavy atom. The largest absolute Gasteiger partial charge is 0.486 e. The molecular weight excluding hydrogens is 240 g/mol. The molecule has 0 amide bonds. The van der Waals surface area contributed by atoms with Gasteiger partial charge in [0.05, 0.1) is 6.61 Å². The highest BCUT2D eigenvalue weighted by atomic mass is 19.1. The van der Waals surface area contributed by atoms with Gasteiger partial charge in [0.2, 0.25) is 0 Å². The second-order valence-electron chi connectivity index (χ2n) is 4.36. The van der Waals surface area contributed by atoms with Crippen LogP contribution in [0.4, 0.5) is 8.78 Å². The number of hydrogen-bond acceptors (Lipinski definition) is 3. The summed E-state index contributed by atoms with van der Waals surface area (Å²) in [5, 5.41) is 3.19. The van der Waals surface area contributed by atoms with Crippen molar-refractivity contribution in [2.75, 3.05) is 20.3 Å². The molecule has 0 saturated heterocycles. The molecule has 0 spiro atoms. The van der Waals surface area contributed by atoms with Gasteiger partial charge in [-0.25, -0.2) is 8.78 Å². The zero-order chi connectivity index (χ0) is 13.5. The molecule has 0 aliphatic rings. The fraction of sp³-hybridized carbons (Fsp3) is 0.538. The number of halogens is 2. The summed E-state index contributed by atoms with van der Waals surface area (Å²) >= 11 is 0. The molecule has 5 heteroatoms. The normalized spacial score (nSPS) is 12.8. The number of rotatable bonds is 7. The van der Waals surface area contributed by atoms with Gasteiger partial charge in [-0.1, -0.05) is 13.8 Å². The summed E-state index contributed by atoms with van der Waals surface area (Å²) < 4.78 is 36.5. The van der Waals surface area contributed by atoms with Crippen LogP contribution in [0.25, 0.3) is 0 Å². The minimum absolute atomic E-state index is 0.167. The van der Waals surface area contributed by atoms with E-state index in [1.165, 1.54) is 0 Å². The lowest BCUT2D eigenvalue weighted by molar-refractivity contribution is 0.0790. The smallest absolute Gasteiger partial charge is 0.134 e. The Hall–Kier alpha value is -1.20. The molecule has 18 heavy (non-hydrogen) atoms. The molecule has 0 saturated carbocycles. The first-order chi connectivity index (χ1) is 8.51. The zero-order valence-corrected chi connectivity index (χ0v) is 10.9. The summed E-state index contributed by atoms with van der Waals surface area (Å²) in [5.74, 6) is -1.14. The molecule has 0 aliphatic carbocycles. The fourth-order valence-electron chi connectivity index (χ4n) is 1.48. The Kier molecular flexibility index (Phi) is 6.01. The summed E-state index contributed by atoms with van der Waals surface area (Å²) in [5.41, 5.74) is 0. The first-order valence-electron chi connectivity index (χ1n) is 5.86. The van der Waals surface area contributed by atoms with Crippen molar-refractivity contribution in [2.45, 2.75) is 26.0 Å². The summed E-state index contributed by atoms with van der Waals surface area (Å²) in [4.78, 5) is 0. The van der Waals surface area contributed by atoms with Crippen molar-refractivity contribution in [3.63, 3.8) is 0 Å². The lowest BCUT2D eigenvalue weighted by Crippen LogP contribution is -2.38. The van der Waals surface area contributed by atoms with Crippen molar-refractivity contribution in [3.8, 4) is 5.75 Å². The maximum absolute atomic E-state index is 13.0. The zero-order valence-electron chi connectivity index (χ0n) is 10.9. The third kappa shape index (κ3) is 5.42. The lowest BCUT2D eigenvalue weighted by atomic mass is 10.3. The van der Waals surface area contributed by atoms with E-state index in [1.54, 1.807) is 7.11 Å². The number of benzene rings is 1. The molecule has 0 radical (unpaired) electrons. The van der Waals surface area contributed by atoms with Crippen molar-refractivity contribution < 1.29 is 18.3 Å². The van der Waals surface area contributed by atoms with Crippen LogP contribution in [0.15, 0.2) is 18.2 Å². The van der Waals surface area contributed by atoms with E-state index >= 15 is 0 Å². The summed E-state index contributed by atoms with van der Waals surface area (Å²) in [6, 6.07) is 3.42. The van der Waals surface area contributed by atoms with Crippen LogP contribution in [0.3, 0.4) is 0 Å². The molecule has 1 aromatic rings. The van der Waals surface area contributed by atoms with Crippen LogP contribution in [0.2, 0.25) is 0 Å². The maximum Gasteiger partial charge on any atom is 0.134 e. The van der Waals surface area contributed by atoms with Gasteiger partial charge in [0.25, 0.3) is 0 Å². The van der Waals surface area contributed by atoms with Gasteiger partial charge >= 0.3 is 0 Å². The van der Waals surface area contributed by atoms with Gasteiger partial charge in [-0.15, -0.1) is 0 Å². The molecule has 1 atom stereocenters. The van der Waals surface area contributed by atoms with Gasteiger partial charge in [0.15, 0.2) is 0 Å². The lowest BCUT2D eigenvalue weighted by Gasteiger charge is -2.20. The van der Waals surface area contributed by atoms with Crippen molar-refractivity contribution in [2.24, 2.45) is 0 Å². The minimum atomic E-state index is -0.655. The molecule has 0 bridgehead atoms. The van der Waals surface area contributed by atoms with Crippen LogP contribution in [0.1, 0.15) is 13.8 Å². The topological polar surface area (TPSA) is 30.5 Å². The molecule has 0 aliphatic heterocycles. The molecule has 1 unspecified atom stereocenters. The van der Waals surface area contributed by atoms with Crippen molar-refractivity contribution in [1.82, 2.24) is 5.32 Å². The van der Waals surface area contributed by atoms with Crippen LogP contribution in [-0.2, 0) is 4.74 Å². The van der Waals surface area contributed by atoms with Gasteiger partial charge in [-0.05, 0) is 0 Å². The first kappa shape index (κ1) is 14.9. The van der Waals surface area contributed by atoms with Gasteiger partial charge < -0.3 is 14.8 Å². The van der Waals surface area contributed by atoms with E-state index in [0.717, 1.165) is 18.2 Å². The van der Waals surface area contributed by atoms with Crippen molar-refractivity contribution >= 4 is 0 Å². The Bertz CT molecular complexity index is 352. The first-order valence-corrected chi connectivity index (χ1v) is 5.86. The van der Waals surface area contributed by atoms with Gasteiger partial charge in [-0.2, -0.15) is 0 Å². The van der Waals surface area contributed by atoms with Crippen LogP contribution < -0.4 is 10.1 Å².